The third-order valence-corrected chi connectivity index (χ3v) is 6.87. The number of anilines is 1. The Kier molecular flexibility index (Phi) is 10.3. The summed E-state index contributed by atoms with van der Waals surface area (Å²) in [5.41, 5.74) is 3.37. The molecular formula is C28H31N3O6S. The lowest BCUT2D eigenvalue weighted by atomic mass is 10.2. The van der Waals surface area contributed by atoms with Gasteiger partial charge in [-0.05, 0) is 74.0 Å². The Labute approximate surface area is 223 Å². The maximum absolute atomic E-state index is 13.4. The highest BCUT2D eigenvalue weighted by atomic mass is 32.2. The summed E-state index contributed by atoms with van der Waals surface area (Å²) in [5, 5.41) is 4.00. The Morgan fingerprint density at radius 3 is 2.32 bits per heavy atom. The molecule has 0 atom stereocenters. The molecule has 1 N–H and O–H groups in total. The van der Waals surface area contributed by atoms with E-state index in [1.807, 2.05) is 13.8 Å². The van der Waals surface area contributed by atoms with Crippen LogP contribution in [0.15, 0.2) is 95.4 Å². The molecule has 0 aliphatic heterocycles. The minimum Gasteiger partial charge on any atom is -0.494 e. The van der Waals surface area contributed by atoms with Crippen molar-refractivity contribution in [3.05, 3.63) is 91.0 Å². The second kappa shape index (κ2) is 13.8. The van der Waals surface area contributed by atoms with E-state index >= 15 is 0 Å². The van der Waals surface area contributed by atoms with Crippen LogP contribution in [-0.2, 0) is 14.8 Å². The number of rotatable bonds is 14. The van der Waals surface area contributed by atoms with Gasteiger partial charge in [0, 0.05) is 0 Å². The molecule has 0 aromatic heterocycles. The summed E-state index contributed by atoms with van der Waals surface area (Å²) in [6.07, 6.45) is 3.07. The molecule has 0 unspecified atom stereocenters. The Morgan fingerprint density at radius 1 is 0.947 bits per heavy atom. The molecule has 0 spiro atoms. The summed E-state index contributed by atoms with van der Waals surface area (Å²) < 4.78 is 44.5. The molecule has 0 heterocycles. The van der Waals surface area contributed by atoms with Crippen molar-refractivity contribution in [2.24, 2.45) is 5.10 Å². The Balaban J connectivity index is 1.78. The van der Waals surface area contributed by atoms with Crippen molar-refractivity contribution in [2.45, 2.75) is 18.7 Å². The van der Waals surface area contributed by atoms with Gasteiger partial charge in [0.05, 0.1) is 30.0 Å². The van der Waals surface area contributed by atoms with Crippen LogP contribution < -0.4 is 23.9 Å². The molecule has 3 rings (SSSR count). The molecule has 3 aromatic rings. The van der Waals surface area contributed by atoms with Crippen LogP contribution in [0, 0.1) is 0 Å². The van der Waals surface area contributed by atoms with Crippen LogP contribution in [0.2, 0.25) is 0 Å². The lowest BCUT2D eigenvalue weighted by Gasteiger charge is -2.24. The molecule has 9 nitrogen and oxygen atoms in total. The first-order valence-electron chi connectivity index (χ1n) is 12.0. The van der Waals surface area contributed by atoms with Crippen LogP contribution in [-0.4, -0.2) is 46.9 Å². The zero-order valence-corrected chi connectivity index (χ0v) is 22.2. The third-order valence-electron chi connectivity index (χ3n) is 5.08. The van der Waals surface area contributed by atoms with E-state index in [1.165, 1.54) is 18.3 Å². The average Bonchev–Trinajstić information content (AvgIpc) is 2.92. The monoisotopic (exact) mass is 537 g/mol. The summed E-state index contributed by atoms with van der Waals surface area (Å²) in [6.45, 7) is 8.12. The Bertz CT molecular complexity index is 1340. The first-order valence-corrected chi connectivity index (χ1v) is 13.5. The van der Waals surface area contributed by atoms with Crippen molar-refractivity contribution in [1.29, 1.82) is 0 Å². The van der Waals surface area contributed by atoms with Gasteiger partial charge in [0.25, 0.3) is 15.9 Å². The van der Waals surface area contributed by atoms with E-state index in [2.05, 4.69) is 17.1 Å². The molecule has 0 radical (unpaired) electrons. The standard InChI is InChI=1S/C28H31N3O6S/c1-4-18-37-26-17-12-22(19-27(26)36-6-3)20-29-30-28(32)21-31(23-13-15-24(16-14-23)35-5-2)38(33,34)25-10-8-7-9-11-25/h4,7-17,19-20H,1,5-6,18,21H2,2-3H3,(H,30,32). The first-order chi connectivity index (χ1) is 18.4. The number of ether oxygens (including phenoxy) is 3. The zero-order chi connectivity index (χ0) is 27.4. The molecule has 0 aliphatic carbocycles. The molecule has 0 aliphatic rings. The van der Waals surface area contributed by atoms with Gasteiger partial charge in [0.1, 0.15) is 18.9 Å². The summed E-state index contributed by atoms with van der Waals surface area (Å²) in [6, 6.07) is 19.6. The fraction of sp³-hybridized carbons (Fsp3) is 0.214. The number of carbonyl (C=O) groups is 1. The molecule has 0 saturated heterocycles. The summed E-state index contributed by atoms with van der Waals surface area (Å²) in [5.74, 6) is 1.06. The predicted octanol–water partition coefficient (Wildman–Crippen LogP) is 4.39. The maximum atomic E-state index is 13.4. The lowest BCUT2D eigenvalue weighted by molar-refractivity contribution is -0.119. The highest BCUT2D eigenvalue weighted by molar-refractivity contribution is 7.92. The number of sulfonamides is 1. The van der Waals surface area contributed by atoms with Gasteiger partial charge in [-0.2, -0.15) is 5.10 Å². The van der Waals surface area contributed by atoms with Gasteiger partial charge in [-0.3, -0.25) is 9.10 Å². The maximum Gasteiger partial charge on any atom is 0.264 e. The van der Waals surface area contributed by atoms with Crippen LogP contribution in [0.1, 0.15) is 19.4 Å². The highest BCUT2D eigenvalue weighted by Crippen LogP contribution is 2.28. The zero-order valence-electron chi connectivity index (χ0n) is 21.4. The highest BCUT2D eigenvalue weighted by Gasteiger charge is 2.27. The number of benzene rings is 3. The molecule has 10 heteroatoms. The van der Waals surface area contributed by atoms with Gasteiger partial charge in [-0.25, -0.2) is 13.8 Å². The van der Waals surface area contributed by atoms with E-state index < -0.39 is 22.5 Å². The van der Waals surface area contributed by atoms with Gasteiger partial charge >= 0.3 is 0 Å². The van der Waals surface area contributed by atoms with E-state index in [4.69, 9.17) is 14.2 Å². The smallest absolute Gasteiger partial charge is 0.264 e. The van der Waals surface area contributed by atoms with Gasteiger partial charge in [-0.15, -0.1) is 0 Å². The normalized spacial score (nSPS) is 11.1. The van der Waals surface area contributed by atoms with Crippen molar-refractivity contribution in [2.75, 3.05) is 30.7 Å². The van der Waals surface area contributed by atoms with Crippen LogP contribution in [0.4, 0.5) is 5.69 Å². The molecule has 3 aromatic carbocycles. The van der Waals surface area contributed by atoms with Crippen molar-refractivity contribution < 1.29 is 27.4 Å². The summed E-state index contributed by atoms with van der Waals surface area (Å²) in [7, 11) is -4.03. The summed E-state index contributed by atoms with van der Waals surface area (Å²) >= 11 is 0. The van der Waals surface area contributed by atoms with E-state index in [9.17, 15) is 13.2 Å². The number of carbonyl (C=O) groups excluding carboxylic acids is 1. The minimum atomic E-state index is -4.03. The van der Waals surface area contributed by atoms with Crippen LogP contribution in [0.3, 0.4) is 0 Å². The molecular weight excluding hydrogens is 506 g/mol. The molecule has 1 amide bonds. The molecule has 0 saturated carbocycles. The Hall–Kier alpha value is -4.31. The van der Waals surface area contributed by atoms with Crippen molar-refractivity contribution in [3.8, 4) is 17.2 Å². The van der Waals surface area contributed by atoms with Crippen molar-refractivity contribution in [3.63, 3.8) is 0 Å². The number of hydrazone groups is 1. The fourth-order valence-corrected chi connectivity index (χ4v) is 4.84. The summed E-state index contributed by atoms with van der Waals surface area (Å²) in [4.78, 5) is 12.9. The lowest BCUT2D eigenvalue weighted by Crippen LogP contribution is -2.39. The molecule has 200 valence electrons. The van der Waals surface area contributed by atoms with Gasteiger partial charge in [-0.1, -0.05) is 30.9 Å². The van der Waals surface area contributed by atoms with Crippen LogP contribution >= 0.6 is 0 Å². The molecule has 38 heavy (non-hydrogen) atoms. The van der Waals surface area contributed by atoms with E-state index in [0.29, 0.717) is 48.3 Å². The number of nitrogens with one attached hydrogen (secondary N) is 1. The topological polar surface area (TPSA) is 107 Å². The number of amides is 1. The van der Waals surface area contributed by atoms with Gasteiger partial charge in [0.15, 0.2) is 11.5 Å². The fourth-order valence-electron chi connectivity index (χ4n) is 3.40. The molecule has 0 bridgehead atoms. The molecule has 0 fully saturated rings. The third kappa shape index (κ3) is 7.59. The van der Waals surface area contributed by atoms with Crippen LogP contribution in [0.5, 0.6) is 17.2 Å². The van der Waals surface area contributed by atoms with E-state index in [0.717, 1.165) is 4.31 Å². The van der Waals surface area contributed by atoms with Gasteiger partial charge in [0.2, 0.25) is 0 Å². The quantitative estimate of drug-likeness (QED) is 0.186. The van der Waals surface area contributed by atoms with Crippen molar-refractivity contribution >= 4 is 27.8 Å². The van der Waals surface area contributed by atoms with E-state index in [-0.39, 0.29) is 4.90 Å². The SMILES string of the molecule is C=CCOc1ccc(C=NNC(=O)CN(c2ccc(OCC)cc2)S(=O)(=O)c2ccccc2)cc1OCC. The largest absolute Gasteiger partial charge is 0.494 e. The Morgan fingerprint density at radius 2 is 1.66 bits per heavy atom. The predicted molar refractivity (Wildman–Crippen MR) is 148 cm³/mol. The number of hydrogen-bond donors (Lipinski definition) is 1. The van der Waals surface area contributed by atoms with E-state index in [1.54, 1.807) is 66.7 Å². The van der Waals surface area contributed by atoms with Crippen molar-refractivity contribution in [1.82, 2.24) is 5.43 Å². The first kappa shape index (κ1) is 28.3. The van der Waals surface area contributed by atoms with Crippen LogP contribution in [0.25, 0.3) is 0 Å². The second-order valence-corrected chi connectivity index (χ2v) is 9.65. The second-order valence-electron chi connectivity index (χ2n) is 7.78. The number of hydrogen-bond acceptors (Lipinski definition) is 7. The number of nitrogens with zero attached hydrogens (tertiary/aromatic N) is 2. The van der Waals surface area contributed by atoms with Gasteiger partial charge < -0.3 is 14.2 Å². The minimum absolute atomic E-state index is 0.0624. The average molecular weight is 538 g/mol.